The van der Waals surface area contributed by atoms with Gasteiger partial charge in [0.2, 0.25) is 5.95 Å². The standard InChI is InChI=1S/C33H34N8O2/c1-22-8-9-25(36-32(43)30-18-23-6-4-5-7-29(23)40(30)3)19-28(22)31(42)37-26-20-34-33(35-21-26)38-24-10-12-27(13-11-24)41-16-14-39(2)15-17-41/h4-13,18-21H,14-17H2,1-3H3,(H,36,43)(H,37,42)(H,34,35,38). The van der Waals surface area contributed by atoms with Gasteiger partial charge in [-0.2, -0.15) is 0 Å². The molecule has 218 valence electrons. The molecular weight excluding hydrogens is 540 g/mol. The number of hydrogen-bond acceptors (Lipinski definition) is 7. The summed E-state index contributed by atoms with van der Waals surface area (Å²) in [4.78, 5) is 39.7. The summed E-state index contributed by atoms with van der Waals surface area (Å²) in [5.74, 6) is -0.138. The fraction of sp³-hybridized carbons (Fsp3) is 0.212. The van der Waals surface area contributed by atoms with Crippen molar-refractivity contribution in [3.63, 3.8) is 0 Å². The Hall–Kier alpha value is -5.22. The molecule has 10 heteroatoms. The highest BCUT2D eigenvalue weighted by atomic mass is 16.2. The lowest BCUT2D eigenvalue weighted by Crippen LogP contribution is -2.44. The van der Waals surface area contributed by atoms with Crippen LogP contribution in [0.25, 0.3) is 10.9 Å². The van der Waals surface area contributed by atoms with Gasteiger partial charge in [-0.1, -0.05) is 24.3 Å². The maximum absolute atomic E-state index is 13.2. The highest BCUT2D eigenvalue weighted by Gasteiger charge is 2.17. The van der Waals surface area contributed by atoms with Crippen LogP contribution in [0.2, 0.25) is 0 Å². The largest absolute Gasteiger partial charge is 0.369 e. The molecule has 10 nitrogen and oxygen atoms in total. The first-order valence-corrected chi connectivity index (χ1v) is 14.2. The fourth-order valence-electron chi connectivity index (χ4n) is 5.25. The number of hydrogen-bond donors (Lipinski definition) is 3. The summed E-state index contributed by atoms with van der Waals surface area (Å²) in [7, 11) is 4.01. The summed E-state index contributed by atoms with van der Waals surface area (Å²) in [5.41, 5.74) is 5.80. The third kappa shape index (κ3) is 6.19. The number of benzene rings is 3. The van der Waals surface area contributed by atoms with Gasteiger partial charge in [0.1, 0.15) is 5.69 Å². The molecule has 0 radical (unpaired) electrons. The lowest BCUT2D eigenvalue weighted by molar-refractivity contribution is 0.101. The number of anilines is 5. The van der Waals surface area contributed by atoms with E-state index in [0.717, 1.165) is 48.3 Å². The molecule has 1 fully saturated rings. The van der Waals surface area contributed by atoms with Gasteiger partial charge in [0.15, 0.2) is 0 Å². The van der Waals surface area contributed by atoms with E-state index in [0.29, 0.717) is 28.6 Å². The summed E-state index contributed by atoms with van der Waals surface area (Å²) < 4.78 is 1.86. The molecule has 2 aromatic heterocycles. The molecule has 0 unspecified atom stereocenters. The predicted octanol–water partition coefficient (Wildman–Crippen LogP) is 5.28. The lowest BCUT2D eigenvalue weighted by Gasteiger charge is -2.34. The highest BCUT2D eigenvalue weighted by molar-refractivity contribution is 6.09. The molecule has 43 heavy (non-hydrogen) atoms. The van der Waals surface area contributed by atoms with Gasteiger partial charge in [0.25, 0.3) is 11.8 Å². The first-order valence-electron chi connectivity index (χ1n) is 14.2. The molecular formula is C33H34N8O2. The van der Waals surface area contributed by atoms with E-state index in [1.807, 2.05) is 67.1 Å². The Balaban J connectivity index is 1.08. The van der Waals surface area contributed by atoms with Gasteiger partial charge in [0.05, 0.1) is 18.1 Å². The van der Waals surface area contributed by atoms with Crippen molar-refractivity contribution in [2.24, 2.45) is 7.05 Å². The molecule has 0 spiro atoms. The highest BCUT2D eigenvalue weighted by Crippen LogP contribution is 2.23. The number of carbonyl (C=O) groups is 2. The van der Waals surface area contributed by atoms with Crippen LogP contribution in [0.1, 0.15) is 26.4 Å². The van der Waals surface area contributed by atoms with E-state index in [1.165, 1.54) is 5.69 Å². The number of fused-ring (bicyclic) bond motifs is 1. The Kier molecular flexibility index (Phi) is 7.76. The number of para-hydroxylation sites is 1. The Morgan fingerprint density at radius 3 is 2.14 bits per heavy atom. The van der Waals surface area contributed by atoms with Crippen molar-refractivity contribution in [2.75, 3.05) is 54.1 Å². The van der Waals surface area contributed by atoms with Crippen molar-refractivity contribution < 1.29 is 9.59 Å². The molecule has 0 aliphatic carbocycles. The summed E-state index contributed by atoms with van der Waals surface area (Å²) in [6.45, 7) is 6.00. The molecule has 0 atom stereocenters. The zero-order valence-electron chi connectivity index (χ0n) is 24.5. The van der Waals surface area contributed by atoms with Gasteiger partial charge < -0.3 is 30.3 Å². The zero-order chi connectivity index (χ0) is 29.9. The van der Waals surface area contributed by atoms with Gasteiger partial charge in [-0.25, -0.2) is 9.97 Å². The van der Waals surface area contributed by atoms with Crippen LogP contribution in [0.3, 0.4) is 0 Å². The molecule has 2 amide bonds. The number of piperazine rings is 1. The quantitative estimate of drug-likeness (QED) is 0.243. The van der Waals surface area contributed by atoms with E-state index in [1.54, 1.807) is 24.5 Å². The number of aryl methyl sites for hydroxylation is 2. The number of aromatic nitrogens is 3. The second-order valence-electron chi connectivity index (χ2n) is 10.8. The SMILES string of the molecule is Cc1ccc(NC(=O)c2cc3ccccc3n2C)cc1C(=O)Nc1cnc(Nc2ccc(N3CCN(C)CC3)cc2)nc1. The van der Waals surface area contributed by atoms with Crippen molar-refractivity contribution in [2.45, 2.75) is 6.92 Å². The molecule has 1 aliphatic heterocycles. The minimum Gasteiger partial charge on any atom is -0.369 e. The summed E-state index contributed by atoms with van der Waals surface area (Å²) in [5, 5.41) is 9.98. The minimum absolute atomic E-state index is 0.251. The minimum atomic E-state index is -0.318. The van der Waals surface area contributed by atoms with Crippen LogP contribution < -0.4 is 20.9 Å². The van der Waals surface area contributed by atoms with Gasteiger partial charge in [-0.15, -0.1) is 0 Å². The number of rotatable bonds is 7. The van der Waals surface area contributed by atoms with Crippen LogP contribution in [0, 0.1) is 6.92 Å². The Morgan fingerprint density at radius 2 is 1.42 bits per heavy atom. The average molecular weight is 575 g/mol. The van der Waals surface area contributed by atoms with Gasteiger partial charge in [0, 0.05) is 66.8 Å². The molecule has 0 bridgehead atoms. The molecule has 1 saturated heterocycles. The lowest BCUT2D eigenvalue weighted by atomic mass is 10.1. The smallest absolute Gasteiger partial charge is 0.272 e. The van der Waals surface area contributed by atoms with Crippen molar-refractivity contribution in [1.29, 1.82) is 0 Å². The Morgan fingerprint density at radius 1 is 0.744 bits per heavy atom. The van der Waals surface area contributed by atoms with Gasteiger partial charge in [-0.3, -0.25) is 9.59 Å². The van der Waals surface area contributed by atoms with Crippen LogP contribution in [0.15, 0.2) is 85.2 Å². The molecule has 3 aromatic carbocycles. The van der Waals surface area contributed by atoms with Crippen LogP contribution in [0.5, 0.6) is 0 Å². The molecule has 3 heterocycles. The maximum Gasteiger partial charge on any atom is 0.272 e. The number of nitrogens with one attached hydrogen (secondary N) is 3. The maximum atomic E-state index is 13.2. The Bertz CT molecular complexity index is 1770. The third-order valence-corrected chi connectivity index (χ3v) is 7.83. The van der Waals surface area contributed by atoms with E-state index < -0.39 is 0 Å². The van der Waals surface area contributed by atoms with Gasteiger partial charge >= 0.3 is 0 Å². The van der Waals surface area contributed by atoms with E-state index in [9.17, 15) is 9.59 Å². The van der Waals surface area contributed by atoms with E-state index in [4.69, 9.17) is 0 Å². The summed E-state index contributed by atoms with van der Waals surface area (Å²) >= 11 is 0. The fourth-order valence-corrected chi connectivity index (χ4v) is 5.25. The molecule has 3 N–H and O–H groups in total. The number of amides is 2. The van der Waals surface area contributed by atoms with Crippen LogP contribution >= 0.6 is 0 Å². The first kappa shape index (κ1) is 27.9. The van der Waals surface area contributed by atoms with Crippen molar-refractivity contribution in [3.05, 3.63) is 102 Å². The number of likely N-dealkylation sites (N-methyl/N-ethyl adjacent to an activating group) is 1. The van der Waals surface area contributed by atoms with Crippen LogP contribution in [-0.2, 0) is 7.05 Å². The number of nitrogens with zero attached hydrogens (tertiary/aromatic N) is 5. The second-order valence-corrected chi connectivity index (χ2v) is 10.8. The molecule has 6 rings (SSSR count). The predicted molar refractivity (Wildman–Crippen MR) is 171 cm³/mol. The molecule has 0 saturated carbocycles. The summed E-state index contributed by atoms with van der Waals surface area (Å²) in [6, 6.07) is 23.2. The van der Waals surface area contributed by atoms with Crippen molar-refractivity contribution in [3.8, 4) is 0 Å². The second kappa shape index (κ2) is 11.9. The third-order valence-electron chi connectivity index (χ3n) is 7.83. The van der Waals surface area contributed by atoms with E-state index in [-0.39, 0.29) is 11.8 Å². The van der Waals surface area contributed by atoms with E-state index in [2.05, 4.69) is 54.9 Å². The average Bonchev–Trinajstić information content (AvgIpc) is 3.36. The van der Waals surface area contributed by atoms with E-state index >= 15 is 0 Å². The van der Waals surface area contributed by atoms with Crippen molar-refractivity contribution in [1.82, 2.24) is 19.4 Å². The normalized spacial score (nSPS) is 13.6. The Labute approximate surface area is 250 Å². The monoisotopic (exact) mass is 574 g/mol. The topological polar surface area (TPSA) is 107 Å². The van der Waals surface area contributed by atoms with Crippen LogP contribution in [-0.4, -0.2) is 64.5 Å². The van der Waals surface area contributed by atoms with Crippen molar-refractivity contribution >= 4 is 51.4 Å². The van der Waals surface area contributed by atoms with Gasteiger partial charge in [-0.05, 0) is 68.1 Å². The van der Waals surface area contributed by atoms with Crippen LogP contribution in [0.4, 0.5) is 28.7 Å². The number of carbonyl (C=O) groups excluding carboxylic acids is 2. The first-order chi connectivity index (χ1) is 20.8. The molecule has 1 aliphatic rings. The summed E-state index contributed by atoms with van der Waals surface area (Å²) in [6.07, 6.45) is 3.12. The zero-order valence-corrected chi connectivity index (χ0v) is 24.5. The molecule has 5 aromatic rings.